The number of esters is 1. The molecule has 0 saturated carbocycles. The number of anilines is 1. The van der Waals surface area contributed by atoms with Gasteiger partial charge in [0.05, 0.1) is 33.9 Å². The average molecular weight is 580 g/mol. The van der Waals surface area contributed by atoms with Crippen LogP contribution in [-0.2, 0) is 14.3 Å². The molecule has 1 aliphatic rings. The smallest absolute Gasteiger partial charge is 0.337 e. The third-order valence-corrected chi connectivity index (χ3v) is 5.72. The van der Waals surface area contributed by atoms with Crippen LogP contribution in [0.3, 0.4) is 0 Å². The van der Waals surface area contributed by atoms with Crippen molar-refractivity contribution >= 4 is 67.4 Å². The first-order valence-electron chi connectivity index (χ1n) is 9.84. The molecule has 8 nitrogen and oxygen atoms in total. The summed E-state index contributed by atoms with van der Waals surface area (Å²) in [4.78, 5) is 50.4. The van der Waals surface area contributed by atoms with Crippen LogP contribution in [0.15, 0.2) is 50.9 Å². The van der Waals surface area contributed by atoms with E-state index in [2.05, 4.69) is 41.9 Å². The summed E-state index contributed by atoms with van der Waals surface area (Å²) >= 11 is 6.91. The summed E-state index contributed by atoms with van der Waals surface area (Å²) in [5.41, 5.74) is 0.775. The van der Waals surface area contributed by atoms with Gasteiger partial charge in [0.25, 0.3) is 11.8 Å². The summed E-state index contributed by atoms with van der Waals surface area (Å²) in [6.07, 6.45) is 1.39. The molecule has 172 valence electrons. The van der Waals surface area contributed by atoms with Gasteiger partial charge in [0, 0.05) is 0 Å². The number of rotatable bonds is 6. The fraction of sp³-hybridized carbons (Fsp3) is 0.217. The van der Waals surface area contributed by atoms with Crippen molar-refractivity contribution in [3.05, 3.63) is 62.0 Å². The number of hydrogen-bond acceptors (Lipinski definition) is 6. The van der Waals surface area contributed by atoms with Crippen molar-refractivity contribution in [3.8, 4) is 5.75 Å². The van der Waals surface area contributed by atoms with Gasteiger partial charge in [0.2, 0.25) is 0 Å². The Balaban J connectivity index is 1.93. The van der Waals surface area contributed by atoms with Crippen LogP contribution in [-0.4, -0.2) is 37.5 Å². The second-order valence-electron chi connectivity index (χ2n) is 7.51. The Morgan fingerprint density at radius 2 is 1.70 bits per heavy atom. The van der Waals surface area contributed by atoms with Crippen LogP contribution < -0.4 is 15.0 Å². The standard InChI is InChI=1S/C23H20Br2N2O6/c1-12(2)11-33-19-17(24)9-13(10-18(19)25)8-16-20(28)26-23(31)27(21(16)29)15-6-4-14(5-7-15)22(30)32-3/h4-10,12H,11H2,1-3H3,(H,26,28,31)/b16-8+. The minimum atomic E-state index is -0.882. The number of carbonyl (C=O) groups excluding carboxylic acids is 4. The van der Waals surface area contributed by atoms with E-state index < -0.39 is 23.8 Å². The summed E-state index contributed by atoms with van der Waals surface area (Å²) in [6.45, 7) is 4.58. The van der Waals surface area contributed by atoms with Crippen LogP contribution in [0.1, 0.15) is 29.8 Å². The number of nitrogens with zero attached hydrogens (tertiary/aromatic N) is 1. The van der Waals surface area contributed by atoms with E-state index in [1.807, 2.05) is 13.8 Å². The van der Waals surface area contributed by atoms with Crippen molar-refractivity contribution in [2.45, 2.75) is 13.8 Å². The van der Waals surface area contributed by atoms with Gasteiger partial charge in [0.1, 0.15) is 11.3 Å². The molecule has 1 saturated heterocycles. The number of benzene rings is 2. The van der Waals surface area contributed by atoms with Gasteiger partial charge in [-0.1, -0.05) is 13.8 Å². The molecule has 4 amide bonds. The maximum atomic E-state index is 13.1. The fourth-order valence-corrected chi connectivity index (χ4v) is 4.42. The third-order valence-electron chi connectivity index (χ3n) is 4.54. The molecule has 1 fully saturated rings. The monoisotopic (exact) mass is 578 g/mol. The number of nitrogens with one attached hydrogen (secondary N) is 1. The van der Waals surface area contributed by atoms with E-state index in [-0.39, 0.29) is 16.8 Å². The van der Waals surface area contributed by atoms with E-state index in [4.69, 9.17) is 4.74 Å². The lowest BCUT2D eigenvalue weighted by molar-refractivity contribution is -0.122. The highest BCUT2D eigenvalue weighted by Gasteiger charge is 2.37. The highest BCUT2D eigenvalue weighted by atomic mass is 79.9. The summed E-state index contributed by atoms with van der Waals surface area (Å²) in [7, 11) is 1.25. The molecule has 0 unspecified atom stereocenters. The summed E-state index contributed by atoms with van der Waals surface area (Å²) in [6, 6.07) is 8.22. The number of hydrogen-bond donors (Lipinski definition) is 1. The highest BCUT2D eigenvalue weighted by molar-refractivity contribution is 9.11. The number of imide groups is 2. The molecule has 2 aromatic rings. The number of ether oxygens (including phenoxy) is 2. The number of halogens is 2. The molecule has 0 bridgehead atoms. The van der Waals surface area contributed by atoms with Crippen molar-refractivity contribution < 1.29 is 28.7 Å². The molecular formula is C23H20Br2N2O6. The summed E-state index contributed by atoms with van der Waals surface area (Å²) < 4.78 is 11.7. The number of barbiturate groups is 1. The highest BCUT2D eigenvalue weighted by Crippen LogP contribution is 2.36. The lowest BCUT2D eigenvalue weighted by atomic mass is 10.1. The number of carbonyl (C=O) groups is 4. The Hall–Kier alpha value is -2.98. The first-order chi connectivity index (χ1) is 15.6. The van der Waals surface area contributed by atoms with E-state index in [9.17, 15) is 19.2 Å². The lowest BCUT2D eigenvalue weighted by Crippen LogP contribution is -2.54. The predicted molar refractivity (Wildman–Crippen MR) is 129 cm³/mol. The summed E-state index contributed by atoms with van der Waals surface area (Å²) in [5, 5.41) is 2.17. The van der Waals surface area contributed by atoms with Crippen LogP contribution in [0.2, 0.25) is 0 Å². The zero-order valence-electron chi connectivity index (χ0n) is 18.0. The van der Waals surface area contributed by atoms with Crippen molar-refractivity contribution in [1.29, 1.82) is 0 Å². The molecule has 33 heavy (non-hydrogen) atoms. The molecule has 0 spiro atoms. The normalized spacial score (nSPS) is 15.2. The third kappa shape index (κ3) is 5.51. The molecule has 1 N–H and O–H groups in total. The van der Waals surface area contributed by atoms with Crippen LogP contribution >= 0.6 is 31.9 Å². The van der Waals surface area contributed by atoms with E-state index in [1.165, 1.54) is 37.5 Å². The SMILES string of the molecule is COC(=O)c1ccc(N2C(=O)NC(=O)/C(=C\c3cc(Br)c(OCC(C)C)c(Br)c3)C2=O)cc1. The molecular weight excluding hydrogens is 560 g/mol. The van der Waals surface area contributed by atoms with Gasteiger partial charge in [-0.3, -0.25) is 14.9 Å². The lowest BCUT2D eigenvalue weighted by Gasteiger charge is -2.26. The number of methoxy groups -OCH3 is 1. The summed E-state index contributed by atoms with van der Waals surface area (Å²) in [5.74, 6) is -1.21. The molecule has 0 radical (unpaired) electrons. The Morgan fingerprint density at radius 1 is 1.09 bits per heavy atom. The molecule has 3 rings (SSSR count). The van der Waals surface area contributed by atoms with Crippen LogP contribution in [0.25, 0.3) is 6.08 Å². The zero-order valence-corrected chi connectivity index (χ0v) is 21.2. The molecule has 2 aromatic carbocycles. The maximum absolute atomic E-state index is 13.1. The maximum Gasteiger partial charge on any atom is 0.337 e. The minimum absolute atomic E-state index is 0.198. The average Bonchev–Trinajstić information content (AvgIpc) is 2.75. The Morgan fingerprint density at radius 3 is 2.24 bits per heavy atom. The molecule has 10 heteroatoms. The van der Waals surface area contributed by atoms with Crippen molar-refractivity contribution in [3.63, 3.8) is 0 Å². The second kappa shape index (κ2) is 10.3. The van der Waals surface area contributed by atoms with Crippen molar-refractivity contribution in [2.24, 2.45) is 5.92 Å². The quantitative estimate of drug-likeness (QED) is 0.302. The molecule has 1 aliphatic heterocycles. The predicted octanol–water partition coefficient (Wildman–Crippen LogP) is 4.70. The van der Waals surface area contributed by atoms with E-state index in [0.717, 1.165) is 4.90 Å². The van der Waals surface area contributed by atoms with Crippen molar-refractivity contribution in [1.82, 2.24) is 5.32 Å². The van der Waals surface area contributed by atoms with E-state index >= 15 is 0 Å². The second-order valence-corrected chi connectivity index (χ2v) is 9.22. The van der Waals surface area contributed by atoms with Gasteiger partial charge >= 0.3 is 12.0 Å². The molecule has 0 atom stereocenters. The topological polar surface area (TPSA) is 102 Å². The van der Waals surface area contributed by atoms with Gasteiger partial charge in [0.15, 0.2) is 0 Å². The van der Waals surface area contributed by atoms with E-state index in [1.54, 1.807) is 12.1 Å². The van der Waals surface area contributed by atoms with E-state index in [0.29, 0.717) is 32.8 Å². The zero-order chi connectivity index (χ0) is 24.3. The van der Waals surface area contributed by atoms with Crippen LogP contribution in [0.4, 0.5) is 10.5 Å². The Kier molecular flexibility index (Phi) is 7.70. The largest absolute Gasteiger partial charge is 0.491 e. The first kappa shape index (κ1) is 24.7. The Labute approximate surface area is 207 Å². The van der Waals surface area contributed by atoms with Crippen LogP contribution in [0.5, 0.6) is 5.75 Å². The van der Waals surface area contributed by atoms with Gasteiger partial charge in [-0.25, -0.2) is 14.5 Å². The van der Waals surface area contributed by atoms with Crippen LogP contribution in [0, 0.1) is 5.92 Å². The Bertz CT molecular complexity index is 1140. The molecule has 0 aliphatic carbocycles. The molecule has 0 aromatic heterocycles. The fourth-order valence-electron chi connectivity index (χ4n) is 2.97. The first-order valence-corrected chi connectivity index (χ1v) is 11.4. The van der Waals surface area contributed by atoms with Crippen molar-refractivity contribution in [2.75, 3.05) is 18.6 Å². The molecule has 1 heterocycles. The minimum Gasteiger partial charge on any atom is -0.491 e. The number of urea groups is 1. The number of amides is 4. The van der Waals surface area contributed by atoms with Gasteiger partial charge in [-0.15, -0.1) is 0 Å². The van der Waals surface area contributed by atoms with Gasteiger partial charge in [-0.05, 0) is 85.8 Å². The van der Waals surface area contributed by atoms with Gasteiger partial charge in [-0.2, -0.15) is 0 Å². The van der Waals surface area contributed by atoms with Gasteiger partial charge < -0.3 is 9.47 Å².